The summed E-state index contributed by atoms with van der Waals surface area (Å²) >= 11 is 3.28. The number of hydrogen-bond donors (Lipinski definition) is 2. The third kappa shape index (κ3) is 1.98. The molecule has 0 aliphatic carbocycles. The predicted octanol–water partition coefficient (Wildman–Crippen LogP) is 0.425. The summed E-state index contributed by atoms with van der Waals surface area (Å²) in [7, 11) is 0. The van der Waals surface area contributed by atoms with Crippen LogP contribution in [0, 0.1) is 0 Å². The minimum atomic E-state index is -0.232. The van der Waals surface area contributed by atoms with Crippen LogP contribution in [0.5, 0.6) is 0 Å². The quantitative estimate of drug-likeness (QED) is 0.704. The Hall–Kier alpha value is -0.580. The van der Waals surface area contributed by atoms with Crippen molar-refractivity contribution in [3.63, 3.8) is 0 Å². The van der Waals surface area contributed by atoms with Crippen LogP contribution >= 0.6 is 15.9 Å². The van der Waals surface area contributed by atoms with Gasteiger partial charge in [-0.05, 0) is 6.42 Å². The fraction of sp³-hybridized carbons (Fsp3) is 0.600. The van der Waals surface area contributed by atoms with Crippen LogP contribution in [0.3, 0.4) is 0 Å². The molecule has 4 nitrogen and oxygen atoms in total. The zero-order valence-electron chi connectivity index (χ0n) is 5.35. The fourth-order valence-electron chi connectivity index (χ4n) is 0.658. The van der Waals surface area contributed by atoms with Crippen LogP contribution in [0.2, 0.25) is 0 Å². The van der Waals surface area contributed by atoms with Gasteiger partial charge in [-0.1, -0.05) is 15.9 Å². The summed E-state index contributed by atoms with van der Waals surface area (Å²) in [4.78, 5) is 13.0. The maximum atomic E-state index is 10.5. The molecule has 0 spiro atoms. The number of alkyl halides is 1. The van der Waals surface area contributed by atoms with Gasteiger partial charge < -0.3 is 0 Å². The lowest BCUT2D eigenvalue weighted by molar-refractivity contribution is 0.851. The average molecular weight is 206 g/mol. The molecule has 0 amide bonds. The smallest absolute Gasteiger partial charge is 0.293 e. The van der Waals surface area contributed by atoms with Crippen LogP contribution in [-0.2, 0) is 6.42 Å². The van der Waals surface area contributed by atoms with Gasteiger partial charge in [0.25, 0.3) is 0 Å². The molecule has 1 aromatic rings. The number of hydrogen-bond acceptors (Lipinski definition) is 2. The standard InChI is InChI=1S/C5H8BrN3O/c6-3-1-2-4-7-5(10)9-8-4/h1-3H2,(H2,7,8,9,10). The van der Waals surface area contributed by atoms with Crippen molar-refractivity contribution >= 4 is 15.9 Å². The maximum Gasteiger partial charge on any atom is 0.340 e. The molecule has 5 heteroatoms. The van der Waals surface area contributed by atoms with Crippen LogP contribution in [0.25, 0.3) is 0 Å². The van der Waals surface area contributed by atoms with E-state index in [-0.39, 0.29) is 5.69 Å². The Morgan fingerprint density at radius 3 is 2.90 bits per heavy atom. The molecule has 0 atom stereocenters. The van der Waals surface area contributed by atoms with E-state index in [9.17, 15) is 4.79 Å². The largest absolute Gasteiger partial charge is 0.340 e. The molecule has 2 N–H and O–H groups in total. The van der Waals surface area contributed by atoms with Crippen LogP contribution < -0.4 is 5.69 Å². The summed E-state index contributed by atoms with van der Waals surface area (Å²) in [5.74, 6) is 0.726. The van der Waals surface area contributed by atoms with Gasteiger partial charge in [0.2, 0.25) is 0 Å². The molecule has 56 valence electrons. The molecule has 0 aromatic carbocycles. The van der Waals surface area contributed by atoms with E-state index in [0.29, 0.717) is 0 Å². The van der Waals surface area contributed by atoms with Crippen molar-refractivity contribution in [2.24, 2.45) is 0 Å². The highest BCUT2D eigenvalue weighted by Gasteiger charge is 1.95. The number of aromatic amines is 2. The highest BCUT2D eigenvalue weighted by Crippen LogP contribution is 1.93. The van der Waals surface area contributed by atoms with Gasteiger partial charge >= 0.3 is 5.69 Å². The van der Waals surface area contributed by atoms with Crippen molar-refractivity contribution in [1.82, 2.24) is 15.2 Å². The Balaban J connectivity index is 2.50. The summed E-state index contributed by atoms with van der Waals surface area (Å²) in [6, 6.07) is 0. The Kier molecular flexibility index (Phi) is 2.68. The second-order valence-corrected chi connectivity index (χ2v) is 2.71. The first-order valence-corrected chi connectivity index (χ1v) is 4.14. The van der Waals surface area contributed by atoms with E-state index >= 15 is 0 Å². The number of rotatable bonds is 3. The summed E-state index contributed by atoms with van der Waals surface area (Å²) < 4.78 is 0. The molecule has 0 aliphatic rings. The first-order valence-electron chi connectivity index (χ1n) is 3.02. The number of nitrogens with zero attached hydrogens (tertiary/aromatic N) is 1. The predicted molar refractivity (Wildman–Crippen MR) is 41.3 cm³/mol. The Morgan fingerprint density at radius 1 is 1.60 bits per heavy atom. The number of halogens is 1. The third-order valence-electron chi connectivity index (χ3n) is 1.10. The number of H-pyrrole nitrogens is 2. The van der Waals surface area contributed by atoms with Crippen molar-refractivity contribution in [3.8, 4) is 0 Å². The molecule has 1 aromatic heterocycles. The molecule has 0 aliphatic heterocycles. The minimum Gasteiger partial charge on any atom is -0.293 e. The summed E-state index contributed by atoms with van der Waals surface area (Å²) in [5, 5.41) is 6.97. The van der Waals surface area contributed by atoms with Crippen LogP contribution in [0.4, 0.5) is 0 Å². The molecule has 1 rings (SSSR count). The van der Waals surface area contributed by atoms with Gasteiger partial charge in [0.05, 0.1) is 0 Å². The molecule has 0 fully saturated rings. The van der Waals surface area contributed by atoms with Gasteiger partial charge in [0.1, 0.15) is 5.82 Å². The number of aryl methyl sites for hydroxylation is 1. The van der Waals surface area contributed by atoms with Crippen molar-refractivity contribution < 1.29 is 0 Å². The molecule has 0 unspecified atom stereocenters. The zero-order chi connectivity index (χ0) is 7.40. The summed E-state index contributed by atoms with van der Waals surface area (Å²) in [6.07, 6.45) is 1.80. The van der Waals surface area contributed by atoms with Crippen LogP contribution in [-0.4, -0.2) is 20.5 Å². The normalized spacial score (nSPS) is 10.1. The van der Waals surface area contributed by atoms with E-state index in [4.69, 9.17) is 0 Å². The van der Waals surface area contributed by atoms with E-state index < -0.39 is 0 Å². The van der Waals surface area contributed by atoms with E-state index in [1.54, 1.807) is 0 Å². The SMILES string of the molecule is O=c1[nH]nc(CCCBr)[nH]1. The lowest BCUT2D eigenvalue weighted by atomic mass is 10.3. The van der Waals surface area contributed by atoms with Crippen molar-refractivity contribution in [3.05, 3.63) is 16.3 Å². The minimum absolute atomic E-state index is 0.232. The Labute approximate surface area is 66.2 Å². The van der Waals surface area contributed by atoms with Crippen LogP contribution in [0.15, 0.2) is 4.79 Å². The van der Waals surface area contributed by atoms with Crippen molar-refractivity contribution in [2.45, 2.75) is 12.8 Å². The Morgan fingerprint density at radius 2 is 2.40 bits per heavy atom. The second kappa shape index (κ2) is 3.55. The lowest BCUT2D eigenvalue weighted by Crippen LogP contribution is -2.01. The van der Waals surface area contributed by atoms with E-state index in [1.165, 1.54) is 0 Å². The molecular formula is C5H8BrN3O. The van der Waals surface area contributed by atoms with Gasteiger partial charge in [-0.15, -0.1) is 0 Å². The second-order valence-electron chi connectivity index (χ2n) is 1.92. The first-order chi connectivity index (χ1) is 4.83. The lowest BCUT2D eigenvalue weighted by Gasteiger charge is -1.87. The average Bonchev–Trinajstić information content (AvgIpc) is 2.31. The zero-order valence-corrected chi connectivity index (χ0v) is 6.94. The highest BCUT2D eigenvalue weighted by molar-refractivity contribution is 9.09. The molecule has 0 bridgehead atoms. The van der Waals surface area contributed by atoms with Gasteiger partial charge in [-0.3, -0.25) is 4.98 Å². The molecule has 10 heavy (non-hydrogen) atoms. The summed E-state index contributed by atoms with van der Waals surface area (Å²) in [6.45, 7) is 0. The first kappa shape index (κ1) is 7.53. The van der Waals surface area contributed by atoms with E-state index in [2.05, 4.69) is 31.1 Å². The Bertz CT molecular complexity index is 241. The van der Waals surface area contributed by atoms with E-state index in [0.717, 1.165) is 24.0 Å². The number of aromatic nitrogens is 3. The topological polar surface area (TPSA) is 61.5 Å². The third-order valence-corrected chi connectivity index (χ3v) is 1.66. The number of nitrogens with one attached hydrogen (secondary N) is 2. The van der Waals surface area contributed by atoms with Crippen molar-refractivity contribution in [1.29, 1.82) is 0 Å². The molecule has 1 heterocycles. The molecule has 0 saturated heterocycles. The van der Waals surface area contributed by atoms with Gasteiger partial charge in [0, 0.05) is 11.8 Å². The maximum absolute atomic E-state index is 10.5. The fourth-order valence-corrected chi connectivity index (χ4v) is 0.938. The van der Waals surface area contributed by atoms with Gasteiger partial charge in [-0.25, -0.2) is 9.89 Å². The molecule has 0 radical (unpaired) electrons. The van der Waals surface area contributed by atoms with Crippen molar-refractivity contribution in [2.75, 3.05) is 5.33 Å². The summed E-state index contributed by atoms with van der Waals surface area (Å²) in [5.41, 5.74) is -0.232. The van der Waals surface area contributed by atoms with Crippen LogP contribution in [0.1, 0.15) is 12.2 Å². The van der Waals surface area contributed by atoms with Gasteiger partial charge in [0.15, 0.2) is 0 Å². The molecule has 0 saturated carbocycles. The van der Waals surface area contributed by atoms with E-state index in [1.807, 2.05) is 0 Å². The van der Waals surface area contributed by atoms with Gasteiger partial charge in [-0.2, -0.15) is 5.10 Å². The molecular weight excluding hydrogens is 198 g/mol. The highest BCUT2D eigenvalue weighted by atomic mass is 79.9. The monoisotopic (exact) mass is 205 g/mol.